The van der Waals surface area contributed by atoms with E-state index >= 15 is 0 Å². The standard InChI is InChI=1S/C14H21Br2NS/c1-3-17-13(10-6-4-9(2)5-7-10)11-8-12(15)18-14(11)16/h8-10,13,17H,3-7H2,1-2H3. The van der Waals surface area contributed by atoms with Crippen LogP contribution in [0.3, 0.4) is 0 Å². The van der Waals surface area contributed by atoms with Crippen molar-refractivity contribution in [3.63, 3.8) is 0 Å². The van der Waals surface area contributed by atoms with Crippen molar-refractivity contribution >= 4 is 43.2 Å². The molecule has 1 N–H and O–H groups in total. The molecule has 0 aliphatic heterocycles. The van der Waals surface area contributed by atoms with Gasteiger partial charge in [-0.25, -0.2) is 0 Å². The topological polar surface area (TPSA) is 12.0 Å². The summed E-state index contributed by atoms with van der Waals surface area (Å²) in [5.74, 6) is 1.71. The van der Waals surface area contributed by atoms with Crippen LogP contribution in [0.1, 0.15) is 51.1 Å². The maximum Gasteiger partial charge on any atom is 0.0758 e. The van der Waals surface area contributed by atoms with Crippen LogP contribution in [0.5, 0.6) is 0 Å². The SMILES string of the molecule is CCNC(c1cc(Br)sc1Br)C1CCC(C)CC1. The quantitative estimate of drug-likeness (QED) is 0.685. The smallest absolute Gasteiger partial charge is 0.0758 e. The van der Waals surface area contributed by atoms with Crippen molar-refractivity contribution in [3.8, 4) is 0 Å². The Kier molecular flexibility index (Phi) is 5.73. The van der Waals surface area contributed by atoms with Crippen LogP contribution in [-0.2, 0) is 0 Å². The van der Waals surface area contributed by atoms with Gasteiger partial charge in [0.1, 0.15) is 0 Å². The van der Waals surface area contributed by atoms with Crippen molar-refractivity contribution in [2.24, 2.45) is 11.8 Å². The first-order chi connectivity index (χ1) is 8.61. The average Bonchev–Trinajstić information content (AvgIpc) is 2.67. The molecule has 4 heteroatoms. The van der Waals surface area contributed by atoms with E-state index in [1.54, 1.807) is 11.3 Å². The lowest BCUT2D eigenvalue weighted by Gasteiger charge is -2.33. The molecule has 1 unspecified atom stereocenters. The van der Waals surface area contributed by atoms with Gasteiger partial charge in [-0.3, -0.25) is 0 Å². The van der Waals surface area contributed by atoms with Gasteiger partial charge in [0.05, 0.1) is 7.57 Å². The molecule has 0 spiro atoms. The lowest BCUT2D eigenvalue weighted by Crippen LogP contribution is -2.30. The summed E-state index contributed by atoms with van der Waals surface area (Å²) in [5, 5.41) is 3.69. The lowest BCUT2D eigenvalue weighted by molar-refractivity contribution is 0.233. The summed E-state index contributed by atoms with van der Waals surface area (Å²) >= 11 is 9.09. The summed E-state index contributed by atoms with van der Waals surface area (Å²) in [6.45, 7) is 5.62. The Labute approximate surface area is 131 Å². The Morgan fingerprint density at radius 1 is 1.33 bits per heavy atom. The number of nitrogens with one attached hydrogen (secondary N) is 1. The van der Waals surface area contributed by atoms with Crippen LogP contribution in [-0.4, -0.2) is 6.54 Å². The van der Waals surface area contributed by atoms with E-state index in [9.17, 15) is 0 Å². The maximum absolute atomic E-state index is 3.71. The molecule has 1 heterocycles. The second-order valence-corrected chi connectivity index (χ2v) is 9.08. The summed E-state index contributed by atoms with van der Waals surface area (Å²) in [6.07, 6.45) is 5.49. The van der Waals surface area contributed by atoms with Crippen molar-refractivity contribution in [1.29, 1.82) is 0 Å². The largest absolute Gasteiger partial charge is 0.310 e. The molecule has 0 saturated heterocycles. The Morgan fingerprint density at radius 2 is 2.00 bits per heavy atom. The molecule has 18 heavy (non-hydrogen) atoms. The zero-order chi connectivity index (χ0) is 13.1. The molecule has 1 aliphatic rings. The van der Waals surface area contributed by atoms with Gasteiger partial charge in [-0.15, -0.1) is 11.3 Å². The Morgan fingerprint density at radius 3 is 2.50 bits per heavy atom. The molecular weight excluding hydrogens is 374 g/mol. The predicted molar refractivity (Wildman–Crippen MR) is 87.3 cm³/mol. The van der Waals surface area contributed by atoms with E-state index < -0.39 is 0 Å². The minimum Gasteiger partial charge on any atom is -0.310 e. The summed E-state index contributed by atoms with van der Waals surface area (Å²) in [4.78, 5) is 0. The zero-order valence-electron chi connectivity index (χ0n) is 11.0. The van der Waals surface area contributed by atoms with Crippen molar-refractivity contribution < 1.29 is 0 Å². The van der Waals surface area contributed by atoms with Crippen LogP contribution in [0.15, 0.2) is 13.6 Å². The first kappa shape index (κ1) is 15.0. The van der Waals surface area contributed by atoms with E-state index in [1.165, 1.54) is 38.8 Å². The fourth-order valence-corrected chi connectivity index (χ4v) is 5.86. The van der Waals surface area contributed by atoms with E-state index in [1.807, 2.05) is 0 Å². The third-order valence-electron chi connectivity index (χ3n) is 3.97. The number of rotatable bonds is 4. The second-order valence-electron chi connectivity index (χ2n) is 5.33. The van der Waals surface area contributed by atoms with Gasteiger partial charge in [0, 0.05) is 6.04 Å². The van der Waals surface area contributed by atoms with Crippen molar-refractivity contribution in [1.82, 2.24) is 5.32 Å². The molecule has 1 fully saturated rings. The van der Waals surface area contributed by atoms with Crippen LogP contribution >= 0.6 is 43.2 Å². The number of thiophene rings is 1. The summed E-state index contributed by atoms with van der Waals surface area (Å²) in [6, 6.07) is 2.79. The van der Waals surface area contributed by atoms with Gasteiger partial charge in [0.2, 0.25) is 0 Å². The van der Waals surface area contributed by atoms with E-state index in [2.05, 4.69) is 57.1 Å². The summed E-state index contributed by atoms with van der Waals surface area (Å²) in [7, 11) is 0. The molecular formula is C14H21Br2NS. The van der Waals surface area contributed by atoms with Crippen molar-refractivity contribution in [2.75, 3.05) is 6.54 Å². The number of hydrogen-bond acceptors (Lipinski definition) is 2. The van der Waals surface area contributed by atoms with Crippen molar-refractivity contribution in [2.45, 2.75) is 45.6 Å². The number of halogens is 2. The molecule has 0 radical (unpaired) electrons. The van der Waals surface area contributed by atoms with E-state index in [0.717, 1.165) is 18.4 Å². The van der Waals surface area contributed by atoms with E-state index in [0.29, 0.717) is 6.04 Å². The van der Waals surface area contributed by atoms with Crippen LogP contribution in [0, 0.1) is 11.8 Å². The normalized spacial score (nSPS) is 26.2. The zero-order valence-corrected chi connectivity index (χ0v) is 15.0. The maximum atomic E-state index is 3.71. The predicted octanol–water partition coefficient (Wildman–Crippen LogP) is 5.75. The highest BCUT2D eigenvalue weighted by atomic mass is 79.9. The fraction of sp³-hybridized carbons (Fsp3) is 0.714. The van der Waals surface area contributed by atoms with Gasteiger partial charge in [0.25, 0.3) is 0 Å². The minimum atomic E-state index is 0.513. The van der Waals surface area contributed by atoms with Gasteiger partial charge < -0.3 is 5.32 Å². The van der Waals surface area contributed by atoms with Gasteiger partial charge >= 0.3 is 0 Å². The van der Waals surface area contributed by atoms with Gasteiger partial charge in [-0.05, 0) is 74.7 Å². The van der Waals surface area contributed by atoms with Gasteiger partial charge in [-0.2, -0.15) is 0 Å². The van der Waals surface area contributed by atoms with Crippen LogP contribution in [0.2, 0.25) is 0 Å². The van der Waals surface area contributed by atoms with E-state index in [4.69, 9.17) is 0 Å². The van der Waals surface area contributed by atoms with Crippen LogP contribution in [0.25, 0.3) is 0 Å². The highest BCUT2D eigenvalue weighted by Gasteiger charge is 2.28. The highest BCUT2D eigenvalue weighted by Crippen LogP contribution is 2.42. The Balaban J connectivity index is 2.15. The summed E-state index contributed by atoms with van der Waals surface area (Å²) in [5.41, 5.74) is 1.44. The Bertz CT molecular complexity index is 383. The molecule has 2 rings (SSSR count). The lowest BCUT2D eigenvalue weighted by atomic mass is 9.78. The number of hydrogen-bond donors (Lipinski definition) is 1. The molecule has 1 aromatic heterocycles. The average molecular weight is 395 g/mol. The van der Waals surface area contributed by atoms with Gasteiger partial charge in [-0.1, -0.05) is 26.7 Å². The molecule has 1 saturated carbocycles. The van der Waals surface area contributed by atoms with Gasteiger partial charge in [0.15, 0.2) is 0 Å². The minimum absolute atomic E-state index is 0.513. The molecule has 1 nitrogen and oxygen atoms in total. The molecule has 1 aliphatic carbocycles. The Hall–Kier alpha value is 0.620. The molecule has 0 bridgehead atoms. The molecule has 102 valence electrons. The third kappa shape index (κ3) is 3.59. The van der Waals surface area contributed by atoms with Crippen LogP contribution in [0.4, 0.5) is 0 Å². The van der Waals surface area contributed by atoms with E-state index in [-0.39, 0.29) is 0 Å². The molecule has 1 atom stereocenters. The third-order valence-corrected chi connectivity index (χ3v) is 6.36. The van der Waals surface area contributed by atoms with Crippen LogP contribution < -0.4 is 5.32 Å². The second kappa shape index (κ2) is 6.87. The molecule has 1 aromatic rings. The van der Waals surface area contributed by atoms with Crippen molar-refractivity contribution in [3.05, 3.63) is 19.2 Å². The highest BCUT2D eigenvalue weighted by molar-refractivity contribution is 9.12. The molecule has 0 aromatic carbocycles. The monoisotopic (exact) mass is 393 g/mol. The first-order valence-corrected chi connectivity index (χ1v) is 9.20. The fourth-order valence-electron chi connectivity index (χ4n) is 2.93. The molecule has 0 amide bonds. The summed E-state index contributed by atoms with van der Waals surface area (Å²) < 4.78 is 2.50. The first-order valence-electron chi connectivity index (χ1n) is 6.80.